The second-order valence-electron chi connectivity index (χ2n) is 3.71. The summed E-state index contributed by atoms with van der Waals surface area (Å²) in [5, 5.41) is 15.2. The van der Waals surface area contributed by atoms with Gasteiger partial charge in [0.1, 0.15) is 5.82 Å². The molecule has 0 fully saturated rings. The summed E-state index contributed by atoms with van der Waals surface area (Å²) >= 11 is 0. The van der Waals surface area contributed by atoms with E-state index in [4.69, 9.17) is 5.11 Å². The molecule has 0 aliphatic carbocycles. The highest BCUT2D eigenvalue weighted by Crippen LogP contribution is 2.11. The van der Waals surface area contributed by atoms with E-state index in [1.807, 2.05) is 12.1 Å². The molecule has 90 valence electrons. The van der Waals surface area contributed by atoms with Crippen molar-refractivity contribution in [3.63, 3.8) is 0 Å². The molecule has 1 rings (SSSR count). The lowest BCUT2D eigenvalue weighted by Gasteiger charge is -2.08. The quantitative estimate of drug-likeness (QED) is 0.591. The number of nitrogens with zero attached hydrogens (tertiary/aromatic N) is 1. The number of aliphatic hydroxyl groups is 1. The molecule has 4 heteroatoms. The number of unbranched alkanes of at least 4 members (excludes halogenated alkanes) is 1. The van der Waals surface area contributed by atoms with Crippen molar-refractivity contribution in [2.45, 2.75) is 26.2 Å². The largest absolute Gasteiger partial charge is 0.396 e. The Morgan fingerprint density at radius 1 is 1.25 bits per heavy atom. The lowest BCUT2D eigenvalue weighted by molar-refractivity contribution is 0.286. The van der Waals surface area contributed by atoms with E-state index < -0.39 is 0 Å². The zero-order chi connectivity index (χ0) is 11.6. The Bertz CT molecular complexity index is 291. The summed E-state index contributed by atoms with van der Waals surface area (Å²) in [4.78, 5) is 4.23. The number of pyridine rings is 1. The summed E-state index contributed by atoms with van der Waals surface area (Å²) in [6.45, 7) is 4.23. The topological polar surface area (TPSA) is 57.2 Å². The number of nitrogens with one attached hydrogen (secondary N) is 2. The van der Waals surface area contributed by atoms with Crippen LogP contribution in [0, 0.1) is 0 Å². The van der Waals surface area contributed by atoms with Gasteiger partial charge in [0, 0.05) is 37.6 Å². The molecule has 3 N–H and O–H groups in total. The molecule has 1 aromatic rings. The van der Waals surface area contributed by atoms with Gasteiger partial charge < -0.3 is 15.7 Å². The maximum Gasteiger partial charge on any atom is 0.127 e. The Labute approximate surface area is 97.1 Å². The van der Waals surface area contributed by atoms with E-state index in [1.54, 1.807) is 6.20 Å². The molecule has 4 nitrogen and oxygen atoms in total. The van der Waals surface area contributed by atoms with Crippen LogP contribution in [0.15, 0.2) is 18.3 Å². The number of aromatic nitrogens is 1. The van der Waals surface area contributed by atoms with Gasteiger partial charge in [0.2, 0.25) is 0 Å². The van der Waals surface area contributed by atoms with Gasteiger partial charge in [-0.25, -0.2) is 4.98 Å². The molecular weight excluding hydrogens is 202 g/mol. The van der Waals surface area contributed by atoms with E-state index in [2.05, 4.69) is 22.5 Å². The zero-order valence-electron chi connectivity index (χ0n) is 9.87. The van der Waals surface area contributed by atoms with Gasteiger partial charge in [-0.05, 0) is 25.3 Å². The first-order valence-electron chi connectivity index (χ1n) is 5.91. The molecule has 0 atom stereocenters. The van der Waals surface area contributed by atoms with Crippen LogP contribution >= 0.6 is 0 Å². The van der Waals surface area contributed by atoms with Gasteiger partial charge in [0.15, 0.2) is 0 Å². The predicted octanol–water partition coefficient (Wildman–Crippen LogP) is 2.09. The first-order chi connectivity index (χ1) is 7.86. The van der Waals surface area contributed by atoms with E-state index in [9.17, 15) is 0 Å². The molecule has 0 spiro atoms. The molecule has 1 heterocycles. The average molecular weight is 223 g/mol. The summed E-state index contributed by atoms with van der Waals surface area (Å²) in [5.74, 6) is 0.911. The van der Waals surface area contributed by atoms with Gasteiger partial charge in [-0.1, -0.05) is 6.92 Å². The fraction of sp³-hybridized carbons (Fsp3) is 0.583. The lowest BCUT2D eigenvalue weighted by atomic mass is 10.3. The maximum absolute atomic E-state index is 8.66. The fourth-order valence-corrected chi connectivity index (χ4v) is 1.36. The second-order valence-corrected chi connectivity index (χ2v) is 3.71. The fourth-order valence-electron chi connectivity index (χ4n) is 1.36. The minimum absolute atomic E-state index is 0.265. The molecule has 0 saturated heterocycles. The molecule has 16 heavy (non-hydrogen) atoms. The van der Waals surface area contributed by atoms with Crippen molar-refractivity contribution in [2.75, 3.05) is 30.3 Å². The van der Waals surface area contributed by atoms with Crippen molar-refractivity contribution in [3.8, 4) is 0 Å². The monoisotopic (exact) mass is 223 g/mol. The van der Waals surface area contributed by atoms with Gasteiger partial charge in [-0.2, -0.15) is 0 Å². The molecule has 0 aliphatic rings. The Morgan fingerprint density at radius 2 is 2.12 bits per heavy atom. The standard InChI is InChI=1S/C12H21N3O/c1-2-6-14-12-10-11(5-8-15-12)13-7-3-4-9-16/h5,8,10,16H,2-4,6-7,9H2,1H3,(H2,13,14,15). The van der Waals surface area contributed by atoms with E-state index in [0.29, 0.717) is 0 Å². The third-order valence-corrected chi connectivity index (χ3v) is 2.23. The summed E-state index contributed by atoms with van der Waals surface area (Å²) in [6.07, 6.45) is 4.72. The Balaban J connectivity index is 2.35. The molecule has 0 aliphatic heterocycles. The third kappa shape index (κ3) is 4.98. The van der Waals surface area contributed by atoms with E-state index in [0.717, 1.165) is 43.9 Å². The molecule has 0 bridgehead atoms. The smallest absolute Gasteiger partial charge is 0.127 e. The first kappa shape index (κ1) is 12.8. The maximum atomic E-state index is 8.66. The van der Waals surface area contributed by atoms with Crippen LogP contribution in [0.1, 0.15) is 26.2 Å². The first-order valence-corrected chi connectivity index (χ1v) is 5.91. The van der Waals surface area contributed by atoms with Crippen LogP contribution in [0.5, 0.6) is 0 Å². The minimum atomic E-state index is 0.265. The second kappa shape index (κ2) is 7.93. The molecule has 0 aromatic carbocycles. The summed E-state index contributed by atoms with van der Waals surface area (Å²) in [6, 6.07) is 3.96. The lowest BCUT2D eigenvalue weighted by Crippen LogP contribution is -2.05. The zero-order valence-corrected chi connectivity index (χ0v) is 9.87. The molecule has 0 amide bonds. The van der Waals surface area contributed by atoms with Crippen molar-refractivity contribution in [2.24, 2.45) is 0 Å². The number of aliphatic hydroxyl groups excluding tert-OH is 1. The highest BCUT2D eigenvalue weighted by molar-refractivity contribution is 5.51. The minimum Gasteiger partial charge on any atom is -0.396 e. The van der Waals surface area contributed by atoms with Crippen molar-refractivity contribution in [1.29, 1.82) is 0 Å². The van der Waals surface area contributed by atoms with Crippen LogP contribution in [-0.2, 0) is 0 Å². The van der Waals surface area contributed by atoms with Crippen LogP contribution in [0.25, 0.3) is 0 Å². The molecule has 0 unspecified atom stereocenters. The summed E-state index contributed by atoms with van der Waals surface area (Å²) in [7, 11) is 0. The van der Waals surface area contributed by atoms with Crippen LogP contribution in [0.4, 0.5) is 11.5 Å². The average Bonchev–Trinajstić information content (AvgIpc) is 2.33. The van der Waals surface area contributed by atoms with Crippen LogP contribution < -0.4 is 10.6 Å². The van der Waals surface area contributed by atoms with E-state index in [1.165, 1.54) is 0 Å². The van der Waals surface area contributed by atoms with Gasteiger partial charge in [0.05, 0.1) is 0 Å². The van der Waals surface area contributed by atoms with Crippen molar-refractivity contribution in [3.05, 3.63) is 18.3 Å². The molecule has 0 radical (unpaired) electrons. The Kier molecular flexibility index (Phi) is 6.33. The molecule has 1 aromatic heterocycles. The number of hydrogen-bond donors (Lipinski definition) is 3. The van der Waals surface area contributed by atoms with Crippen LogP contribution in [0.2, 0.25) is 0 Å². The number of hydrogen-bond acceptors (Lipinski definition) is 4. The highest BCUT2D eigenvalue weighted by atomic mass is 16.2. The summed E-state index contributed by atoms with van der Waals surface area (Å²) in [5.41, 5.74) is 1.08. The highest BCUT2D eigenvalue weighted by Gasteiger charge is 1.95. The van der Waals surface area contributed by atoms with Gasteiger partial charge in [0.25, 0.3) is 0 Å². The Morgan fingerprint density at radius 3 is 2.88 bits per heavy atom. The molecular formula is C12H21N3O. The van der Waals surface area contributed by atoms with Gasteiger partial charge in [-0.3, -0.25) is 0 Å². The number of rotatable bonds is 8. The van der Waals surface area contributed by atoms with E-state index >= 15 is 0 Å². The van der Waals surface area contributed by atoms with Crippen molar-refractivity contribution >= 4 is 11.5 Å². The van der Waals surface area contributed by atoms with Crippen molar-refractivity contribution < 1.29 is 5.11 Å². The van der Waals surface area contributed by atoms with Gasteiger partial charge >= 0.3 is 0 Å². The predicted molar refractivity (Wildman–Crippen MR) is 67.8 cm³/mol. The SMILES string of the molecule is CCCNc1cc(NCCCCO)ccn1. The number of anilines is 2. The van der Waals surface area contributed by atoms with Crippen LogP contribution in [0.3, 0.4) is 0 Å². The van der Waals surface area contributed by atoms with Gasteiger partial charge in [-0.15, -0.1) is 0 Å². The Hall–Kier alpha value is -1.29. The summed E-state index contributed by atoms with van der Waals surface area (Å²) < 4.78 is 0. The third-order valence-electron chi connectivity index (χ3n) is 2.23. The molecule has 0 saturated carbocycles. The normalized spacial score (nSPS) is 10.1. The van der Waals surface area contributed by atoms with Crippen molar-refractivity contribution in [1.82, 2.24) is 4.98 Å². The van der Waals surface area contributed by atoms with Crippen LogP contribution in [-0.4, -0.2) is 29.8 Å². The van der Waals surface area contributed by atoms with E-state index in [-0.39, 0.29) is 6.61 Å².